The molecule has 1 aliphatic rings. The summed E-state index contributed by atoms with van der Waals surface area (Å²) in [4.78, 5) is 34.7. The van der Waals surface area contributed by atoms with Crippen LogP contribution in [-0.4, -0.2) is 52.1 Å². The summed E-state index contributed by atoms with van der Waals surface area (Å²) in [5.41, 5.74) is -0.996. The van der Waals surface area contributed by atoms with Crippen LogP contribution in [0.1, 0.15) is 10.4 Å². The molecule has 8 nitrogen and oxygen atoms in total. The number of nitrogens with zero attached hydrogens (tertiary/aromatic N) is 4. The van der Waals surface area contributed by atoms with Crippen molar-refractivity contribution in [2.75, 3.05) is 31.2 Å². The third-order valence-electron chi connectivity index (χ3n) is 4.37. The number of pyridine rings is 1. The highest BCUT2D eigenvalue weighted by atomic mass is 19.2. The summed E-state index contributed by atoms with van der Waals surface area (Å²) in [6.07, 6.45) is 0.637. The zero-order chi connectivity index (χ0) is 19.0. The number of hydrogen-bond acceptors (Lipinski definition) is 6. The van der Waals surface area contributed by atoms with Crippen LogP contribution in [-0.2, 0) is 4.74 Å². The van der Waals surface area contributed by atoms with Gasteiger partial charge in [-0.3, -0.25) is 4.79 Å². The third kappa shape index (κ3) is 3.02. The Kier molecular flexibility index (Phi) is 4.28. The number of halogens is 1. The molecule has 1 fully saturated rings. The van der Waals surface area contributed by atoms with E-state index < -0.39 is 17.0 Å². The van der Waals surface area contributed by atoms with Gasteiger partial charge in [0.05, 0.1) is 30.5 Å². The lowest BCUT2D eigenvalue weighted by Gasteiger charge is -2.27. The first-order valence-corrected chi connectivity index (χ1v) is 8.31. The fourth-order valence-corrected chi connectivity index (χ4v) is 3.03. The molecular formula is C18H15FN4O4. The molecule has 0 spiro atoms. The van der Waals surface area contributed by atoms with E-state index in [1.807, 2.05) is 4.90 Å². The highest BCUT2D eigenvalue weighted by molar-refractivity contribution is 5.97. The van der Waals surface area contributed by atoms with Crippen LogP contribution in [0.3, 0.4) is 0 Å². The predicted molar refractivity (Wildman–Crippen MR) is 95.7 cm³/mol. The lowest BCUT2D eigenvalue weighted by Crippen LogP contribution is -2.37. The summed E-state index contributed by atoms with van der Waals surface area (Å²) in [5, 5.41) is 9.06. The summed E-state index contributed by atoms with van der Waals surface area (Å²) in [7, 11) is 0. The second kappa shape index (κ2) is 6.76. The molecule has 0 atom stereocenters. The van der Waals surface area contributed by atoms with Gasteiger partial charge in [0.15, 0.2) is 5.65 Å². The van der Waals surface area contributed by atoms with Crippen LogP contribution in [0.2, 0.25) is 0 Å². The Morgan fingerprint density at radius 3 is 2.52 bits per heavy atom. The lowest BCUT2D eigenvalue weighted by molar-refractivity contribution is 0.0693. The quantitative estimate of drug-likeness (QED) is 0.750. The molecule has 9 heteroatoms. The number of rotatable bonds is 3. The number of fused-ring (bicyclic) bond motifs is 1. The zero-order valence-corrected chi connectivity index (χ0v) is 14.1. The summed E-state index contributed by atoms with van der Waals surface area (Å²) in [6.45, 7) is 2.04. The van der Waals surface area contributed by atoms with Crippen molar-refractivity contribution in [1.82, 2.24) is 14.8 Å². The van der Waals surface area contributed by atoms with Crippen LogP contribution >= 0.6 is 0 Å². The fraction of sp³-hybridized carbons (Fsp3) is 0.222. The maximum absolute atomic E-state index is 14.6. The molecule has 0 amide bonds. The second-order valence-electron chi connectivity index (χ2n) is 6.02. The van der Waals surface area contributed by atoms with Gasteiger partial charge < -0.3 is 14.7 Å². The van der Waals surface area contributed by atoms with Gasteiger partial charge in [0.2, 0.25) is 11.4 Å². The summed E-state index contributed by atoms with van der Waals surface area (Å²) >= 11 is 0. The SMILES string of the molecule is O=C(O)c1cn(F)c2nc(N3CCOCC3)nc(-c3ccccc3)c2c1=O. The van der Waals surface area contributed by atoms with Crippen LogP contribution < -0.4 is 10.3 Å². The van der Waals surface area contributed by atoms with Crippen molar-refractivity contribution in [2.45, 2.75) is 0 Å². The minimum absolute atomic E-state index is 0.0677. The molecule has 2 aromatic heterocycles. The Balaban J connectivity index is 2.05. The van der Waals surface area contributed by atoms with Crippen molar-refractivity contribution in [3.05, 3.63) is 52.3 Å². The standard InChI is InChI=1S/C18H15FN4O4/c19-23-10-12(17(25)26)15(24)13-14(11-4-2-1-3-5-11)20-18(21-16(13)23)22-6-8-27-9-7-22/h1-5,10H,6-9H2,(H,25,26). The van der Waals surface area contributed by atoms with E-state index in [9.17, 15) is 19.2 Å². The number of anilines is 1. The average Bonchev–Trinajstić information content (AvgIpc) is 2.71. The van der Waals surface area contributed by atoms with Crippen molar-refractivity contribution in [3.63, 3.8) is 0 Å². The van der Waals surface area contributed by atoms with Gasteiger partial charge in [-0.25, -0.2) is 9.78 Å². The Morgan fingerprint density at radius 2 is 1.85 bits per heavy atom. The normalized spacial score (nSPS) is 14.5. The van der Waals surface area contributed by atoms with Crippen molar-refractivity contribution in [1.29, 1.82) is 0 Å². The molecular weight excluding hydrogens is 355 g/mol. The monoisotopic (exact) mass is 370 g/mol. The molecule has 138 valence electrons. The third-order valence-corrected chi connectivity index (χ3v) is 4.37. The predicted octanol–water partition coefficient (Wildman–Crippen LogP) is 1.73. The van der Waals surface area contributed by atoms with Crippen molar-refractivity contribution < 1.29 is 19.1 Å². The van der Waals surface area contributed by atoms with Gasteiger partial charge in [0.1, 0.15) is 5.56 Å². The maximum atomic E-state index is 14.6. The van der Waals surface area contributed by atoms with E-state index in [0.717, 1.165) is 0 Å². The van der Waals surface area contributed by atoms with E-state index in [1.165, 1.54) is 0 Å². The van der Waals surface area contributed by atoms with Gasteiger partial charge >= 0.3 is 5.97 Å². The number of aromatic nitrogens is 3. The first-order chi connectivity index (χ1) is 13.1. The highest BCUT2D eigenvalue weighted by Gasteiger charge is 2.23. The van der Waals surface area contributed by atoms with Gasteiger partial charge in [0.25, 0.3) is 0 Å². The summed E-state index contributed by atoms with van der Waals surface area (Å²) < 4.78 is 19.9. The van der Waals surface area contributed by atoms with Gasteiger partial charge in [-0.05, 0) is 0 Å². The van der Waals surface area contributed by atoms with Crippen LogP contribution in [0.25, 0.3) is 22.3 Å². The highest BCUT2D eigenvalue weighted by Crippen LogP contribution is 2.27. The Morgan fingerprint density at radius 1 is 1.15 bits per heavy atom. The molecule has 1 aromatic carbocycles. The van der Waals surface area contributed by atoms with Crippen molar-refractivity contribution >= 4 is 23.0 Å². The number of ether oxygens (including phenoxy) is 1. The second-order valence-corrected chi connectivity index (χ2v) is 6.02. The maximum Gasteiger partial charge on any atom is 0.341 e. The van der Waals surface area contributed by atoms with E-state index >= 15 is 0 Å². The van der Waals surface area contributed by atoms with Gasteiger partial charge in [-0.1, -0.05) is 34.8 Å². The number of carboxylic acid groups (broad SMARTS) is 1. The summed E-state index contributed by atoms with van der Waals surface area (Å²) in [5.74, 6) is -1.25. The molecule has 27 heavy (non-hydrogen) atoms. The number of hydrogen-bond donors (Lipinski definition) is 1. The number of carboxylic acids is 1. The lowest BCUT2D eigenvalue weighted by atomic mass is 10.1. The topological polar surface area (TPSA) is 97.6 Å². The molecule has 0 aliphatic carbocycles. The Labute approximate surface area is 152 Å². The van der Waals surface area contributed by atoms with Crippen LogP contribution in [0.5, 0.6) is 0 Å². The number of carbonyl (C=O) groups is 1. The van der Waals surface area contributed by atoms with Crippen molar-refractivity contribution in [2.24, 2.45) is 0 Å². The van der Waals surface area contributed by atoms with Gasteiger partial charge in [-0.2, -0.15) is 9.77 Å². The van der Waals surface area contributed by atoms with E-state index in [-0.39, 0.29) is 27.5 Å². The van der Waals surface area contributed by atoms with Crippen LogP contribution in [0.4, 0.5) is 10.4 Å². The molecule has 0 saturated carbocycles. The average molecular weight is 370 g/mol. The number of benzene rings is 1. The smallest absolute Gasteiger partial charge is 0.341 e. The minimum Gasteiger partial charge on any atom is -0.477 e. The molecule has 3 aromatic rings. The largest absolute Gasteiger partial charge is 0.477 e. The number of aromatic carboxylic acids is 1. The number of morpholine rings is 1. The van der Waals surface area contributed by atoms with E-state index in [2.05, 4.69) is 9.97 Å². The molecule has 1 N–H and O–H groups in total. The molecule has 4 rings (SSSR count). The first kappa shape index (κ1) is 17.1. The van der Waals surface area contributed by atoms with Crippen molar-refractivity contribution in [3.8, 4) is 11.3 Å². The van der Waals surface area contributed by atoms with E-state index in [0.29, 0.717) is 38.1 Å². The first-order valence-electron chi connectivity index (χ1n) is 8.31. The molecule has 0 unspecified atom stereocenters. The molecule has 1 aliphatic heterocycles. The molecule has 1 saturated heterocycles. The molecule has 3 heterocycles. The molecule has 0 bridgehead atoms. The minimum atomic E-state index is -1.51. The van der Waals surface area contributed by atoms with E-state index in [1.54, 1.807) is 30.3 Å². The van der Waals surface area contributed by atoms with E-state index in [4.69, 9.17) is 4.74 Å². The van der Waals surface area contributed by atoms with Gasteiger partial charge in [-0.15, -0.1) is 0 Å². The summed E-state index contributed by atoms with van der Waals surface area (Å²) in [6, 6.07) is 8.76. The Hall–Kier alpha value is -3.33. The Bertz CT molecular complexity index is 1080. The molecule has 0 radical (unpaired) electrons. The van der Waals surface area contributed by atoms with Crippen LogP contribution in [0, 0.1) is 0 Å². The zero-order valence-electron chi connectivity index (χ0n) is 14.1. The van der Waals surface area contributed by atoms with Gasteiger partial charge in [0, 0.05) is 18.7 Å². The van der Waals surface area contributed by atoms with Crippen LogP contribution in [0.15, 0.2) is 41.3 Å². The fourth-order valence-electron chi connectivity index (χ4n) is 3.03.